The molecule has 1 aliphatic heterocycles. The van der Waals surface area contributed by atoms with Crippen molar-refractivity contribution in [1.82, 2.24) is 20.1 Å². The van der Waals surface area contributed by atoms with Crippen LogP contribution in [0.3, 0.4) is 0 Å². The smallest absolute Gasteiger partial charge is 0.245 e. The number of halogens is 2. The van der Waals surface area contributed by atoms with Gasteiger partial charge in [-0.2, -0.15) is 4.98 Å². The molecule has 1 atom stereocenters. The van der Waals surface area contributed by atoms with Gasteiger partial charge in [-0.3, -0.25) is 4.90 Å². The fourth-order valence-corrected chi connectivity index (χ4v) is 3.04. The van der Waals surface area contributed by atoms with Crippen molar-refractivity contribution in [2.75, 3.05) is 24.5 Å². The van der Waals surface area contributed by atoms with Crippen LogP contribution in [-0.4, -0.2) is 45.8 Å². The van der Waals surface area contributed by atoms with Gasteiger partial charge in [-0.05, 0) is 24.1 Å². The summed E-state index contributed by atoms with van der Waals surface area (Å²) in [5.74, 6) is 0.618. The van der Waals surface area contributed by atoms with E-state index in [0.717, 1.165) is 26.2 Å². The quantitative estimate of drug-likeness (QED) is 0.861. The lowest BCUT2D eigenvalue weighted by atomic mass is 10.1. The van der Waals surface area contributed by atoms with E-state index in [2.05, 4.69) is 56.2 Å². The molecule has 2 aromatic rings. The number of nitrogens with zero attached hydrogens (tertiary/aromatic N) is 5. The molecule has 1 unspecified atom stereocenters. The lowest BCUT2D eigenvalue weighted by molar-refractivity contribution is 0.180. The highest BCUT2D eigenvalue weighted by atomic mass is 35.5. The van der Waals surface area contributed by atoms with Crippen molar-refractivity contribution in [2.24, 2.45) is 0 Å². The third-order valence-corrected chi connectivity index (χ3v) is 4.30. The molecule has 0 N–H and O–H groups in total. The zero-order valence-electron chi connectivity index (χ0n) is 12.3. The zero-order valence-corrected chi connectivity index (χ0v) is 13.8. The summed E-state index contributed by atoms with van der Waals surface area (Å²) in [7, 11) is 0. The molecule has 0 bridgehead atoms. The van der Waals surface area contributed by atoms with Crippen LogP contribution in [0.4, 0.5) is 5.82 Å². The molecule has 2 heterocycles. The van der Waals surface area contributed by atoms with E-state index in [9.17, 15) is 0 Å². The summed E-state index contributed by atoms with van der Waals surface area (Å²) in [6, 6.07) is 10.9. The van der Waals surface area contributed by atoms with Gasteiger partial charge in [0.1, 0.15) is 0 Å². The van der Waals surface area contributed by atoms with E-state index in [1.165, 1.54) is 5.56 Å². The number of hydrogen-bond donors (Lipinski definition) is 0. The summed E-state index contributed by atoms with van der Waals surface area (Å²) < 4.78 is 0. The normalized spacial score (nSPS) is 19.4. The van der Waals surface area contributed by atoms with Gasteiger partial charge in [-0.25, -0.2) is 0 Å². The van der Waals surface area contributed by atoms with Crippen LogP contribution in [-0.2, 0) is 6.54 Å². The molecule has 5 nitrogen and oxygen atoms in total. The molecule has 1 saturated heterocycles. The van der Waals surface area contributed by atoms with Crippen LogP contribution in [0.15, 0.2) is 30.3 Å². The monoisotopic (exact) mass is 337 g/mol. The van der Waals surface area contributed by atoms with Crippen LogP contribution in [0.5, 0.6) is 0 Å². The molecule has 22 heavy (non-hydrogen) atoms. The summed E-state index contributed by atoms with van der Waals surface area (Å²) in [5, 5.41) is 7.91. The maximum atomic E-state index is 6.09. The Morgan fingerprint density at radius 3 is 2.64 bits per heavy atom. The molecule has 0 spiro atoms. The molecule has 0 radical (unpaired) electrons. The number of benzene rings is 1. The molecule has 0 amide bonds. The second-order valence-corrected chi connectivity index (χ2v) is 6.14. The molecule has 1 aromatic carbocycles. The topological polar surface area (TPSA) is 45.2 Å². The van der Waals surface area contributed by atoms with Gasteiger partial charge >= 0.3 is 0 Å². The Kier molecular flexibility index (Phi) is 4.76. The second-order valence-electron chi connectivity index (χ2n) is 5.45. The van der Waals surface area contributed by atoms with Crippen LogP contribution in [0.25, 0.3) is 0 Å². The van der Waals surface area contributed by atoms with E-state index in [1.54, 1.807) is 0 Å². The van der Waals surface area contributed by atoms with Gasteiger partial charge in [-0.15, -0.1) is 10.2 Å². The summed E-state index contributed by atoms with van der Waals surface area (Å²) in [4.78, 5) is 8.78. The average Bonchev–Trinajstić information content (AvgIpc) is 2.53. The van der Waals surface area contributed by atoms with Crippen LogP contribution < -0.4 is 4.90 Å². The summed E-state index contributed by atoms with van der Waals surface area (Å²) in [6.45, 7) is 5.77. The zero-order chi connectivity index (χ0) is 15.5. The first-order valence-corrected chi connectivity index (χ1v) is 7.97. The molecule has 1 aliphatic rings. The largest absolute Gasteiger partial charge is 0.351 e. The van der Waals surface area contributed by atoms with Crippen LogP contribution in [0, 0.1) is 0 Å². The number of hydrogen-bond acceptors (Lipinski definition) is 5. The van der Waals surface area contributed by atoms with Gasteiger partial charge in [0.2, 0.25) is 5.28 Å². The first-order chi connectivity index (χ1) is 10.6. The highest BCUT2D eigenvalue weighted by Crippen LogP contribution is 2.24. The van der Waals surface area contributed by atoms with Crippen LogP contribution >= 0.6 is 23.2 Å². The van der Waals surface area contributed by atoms with Crippen molar-refractivity contribution < 1.29 is 0 Å². The van der Waals surface area contributed by atoms with Crippen LogP contribution in [0.1, 0.15) is 12.5 Å². The molecule has 7 heteroatoms. The third kappa shape index (κ3) is 3.48. The summed E-state index contributed by atoms with van der Waals surface area (Å²) >= 11 is 11.9. The molecular formula is C15H17Cl2N5. The van der Waals surface area contributed by atoms with Gasteiger partial charge in [-0.1, -0.05) is 41.9 Å². The van der Waals surface area contributed by atoms with E-state index in [1.807, 2.05) is 6.07 Å². The lowest BCUT2D eigenvalue weighted by Crippen LogP contribution is -2.51. The summed E-state index contributed by atoms with van der Waals surface area (Å²) in [5.41, 5.74) is 1.33. The second kappa shape index (κ2) is 6.77. The van der Waals surface area contributed by atoms with Crippen molar-refractivity contribution in [1.29, 1.82) is 0 Å². The van der Waals surface area contributed by atoms with Gasteiger partial charge < -0.3 is 4.90 Å². The minimum Gasteiger partial charge on any atom is -0.351 e. The minimum absolute atomic E-state index is 0.124. The predicted octanol–water partition coefficient (Wildman–Crippen LogP) is 2.89. The molecule has 0 aliphatic carbocycles. The Hall–Kier alpha value is -1.43. The van der Waals surface area contributed by atoms with Crippen molar-refractivity contribution in [3.8, 4) is 0 Å². The van der Waals surface area contributed by atoms with Crippen molar-refractivity contribution in [2.45, 2.75) is 19.5 Å². The Morgan fingerprint density at radius 2 is 1.91 bits per heavy atom. The van der Waals surface area contributed by atoms with E-state index in [4.69, 9.17) is 23.2 Å². The first-order valence-electron chi connectivity index (χ1n) is 7.22. The van der Waals surface area contributed by atoms with E-state index < -0.39 is 0 Å². The Morgan fingerprint density at radius 1 is 1.14 bits per heavy atom. The number of piperazine rings is 1. The number of anilines is 1. The van der Waals surface area contributed by atoms with Crippen molar-refractivity contribution >= 4 is 29.0 Å². The van der Waals surface area contributed by atoms with Gasteiger partial charge in [0, 0.05) is 32.2 Å². The maximum Gasteiger partial charge on any atom is 0.245 e. The number of rotatable bonds is 3. The van der Waals surface area contributed by atoms with E-state index in [0.29, 0.717) is 17.0 Å². The Balaban J connectivity index is 1.68. The standard InChI is InChI=1S/C15H17Cl2N5/c1-11-9-22(14-13(16)19-20-15(17)18-14)8-7-21(11)10-12-5-3-2-4-6-12/h2-6,11H,7-10H2,1H3. The maximum absolute atomic E-state index is 6.09. The first kappa shape index (κ1) is 15.5. The van der Waals surface area contributed by atoms with Gasteiger partial charge in [0.25, 0.3) is 0 Å². The Labute approximate surface area is 139 Å². The van der Waals surface area contributed by atoms with Gasteiger partial charge in [0.05, 0.1) is 0 Å². The summed E-state index contributed by atoms with van der Waals surface area (Å²) in [6.07, 6.45) is 0. The third-order valence-electron chi connectivity index (χ3n) is 3.90. The highest BCUT2D eigenvalue weighted by Gasteiger charge is 2.26. The molecule has 0 saturated carbocycles. The van der Waals surface area contributed by atoms with Crippen molar-refractivity contribution in [3.05, 3.63) is 46.3 Å². The van der Waals surface area contributed by atoms with Gasteiger partial charge in [0.15, 0.2) is 11.0 Å². The fraction of sp³-hybridized carbons (Fsp3) is 0.400. The average molecular weight is 338 g/mol. The molecule has 3 rings (SSSR count). The van der Waals surface area contributed by atoms with E-state index in [-0.39, 0.29) is 5.28 Å². The SMILES string of the molecule is CC1CN(c2nc(Cl)nnc2Cl)CCN1Cc1ccccc1. The lowest BCUT2D eigenvalue weighted by Gasteiger charge is -2.40. The van der Waals surface area contributed by atoms with E-state index >= 15 is 0 Å². The molecule has 1 aromatic heterocycles. The van der Waals surface area contributed by atoms with Crippen LogP contribution in [0.2, 0.25) is 10.4 Å². The minimum atomic E-state index is 0.124. The predicted molar refractivity (Wildman–Crippen MR) is 88.4 cm³/mol. The molecular weight excluding hydrogens is 321 g/mol. The number of aromatic nitrogens is 3. The highest BCUT2D eigenvalue weighted by molar-refractivity contribution is 6.32. The van der Waals surface area contributed by atoms with Crippen molar-refractivity contribution in [3.63, 3.8) is 0 Å². The fourth-order valence-electron chi connectivity index (χ4n) is 2.73. The molecule has 116 valence electrons. The molecule has 1 fully saturated rings. The Bertz CT molecular complexity index is 637.